The van der Waals surface area contributed by atoms with Gasteiger partial charge >= 0.3 is 17.9 Å². The first-order valence-corrected chi connectivity index (χ1v) is 20.3. The number of benzene rings is 3. The zero-order chi connectivity index (χ0) is 49.8. The summed E-state index contributed by atoms with van der Waals surface area (Å²) in [5.74, 6) is -4.17. The van der Waals surface area contributed by atoms with Gasteiger partial charge in [0.15, 0.2) is 53.0 Å². The standard InChI is InChI=1S/C45H52O23/c1-57-24-13-21(14-25(58-2)35(24)50)7-10-32(47)66-42-40(55)38(53)30(19-46)64-44(42)63-20-31-39(54)41(56)43(67-33(48)11-8-22-15-26(59-3)36(51)27(16-22)60-4)45(65-31)68-34(49)12-9-23-17-28(61-5)37(52)29(18-23)62-6/h7-18,30-31,38-46,50-56H,19-20H2,1-6H3/t30-,31-,38-,39-,40+,41+,42-,43-,44-,45+/m1/s1. The maximum atomic E-state index is 13.3. The van der Waals surface area contributed by atoms with Crippen molar-refractivity contribution >= 4 is 36.1 Å². The van der Waals surface area contributed by atoms with Crippen LogP contribution >= 0.6 is 0 Å². The number of hydrogen-bond acceptors (Lipinski definition) is 23. The molecule has 2 fully saturated rings. The van der Waals surface area contributed by atoms with E-state index in [1.807, 2.05) is 0 Å². The van der Waals surface area contributed by atoms with E-state index in [-0.39, 0.29) is 51.7 Å². The molecule has 3 aromatic rings. The molecule has 0 bridgehead atoms. The normalized spacial score (nSPS) is 24.9. The number of rotatable bonds is 19. The van der Waals surface area contributed by atoms with Crippen molar-refractivity contribution in [3.05, 3.63) is 71.3 Å². The minimum atomic E-state index is -2.06. The molecule has 3 aromatic carbocycles. The maximum Gasteiger partial charge on any atom is 0.333 e. The molecule has 2 saturated heterocycles. The van der Waals surface area contributed by atoms with E-state index in [2.05, 4.69) is 0 Å². The Labute approximate surface area is 388 Å². The van der Waals surface area contributed by atoms with Crippen molar-refractivity contribution in [2.75, 3.05) is 55.9 Å². The van der Waals surface area contributed by atoms with E-state index in [0.717, 1.165) is 18.2 Å². The van der Waals surface area contributed by atoms with Crippen LogP contribution in [-0.4, -0.2) is 176 Å². The summed E-state index contributed by atoms with van der Waals surface area (Å²) in [6, 6.07) is 8.26. The minimum Gasteiger partial charge on any atom is -0.502 e. The Morgan fingerprint density at radius 2 is 0.794 bits per heavy atom. The van der Waals surface area contributed by atoms with E-state index in [1.165, 1.54) is 97.3 Å². The van der Waals surface area contributed by atoms with Gasteiger partial charge in [0.2, 0.25) is 23.5 Å². The van der Waals surface area contributed by atoms with E-state index in [1.54, 1.807) is 0 Å². The molecule has 0 saturated carbocycles. The molecule has 2 aliphatic heterocycles. The summed E-state index contributed by atoms with van der Waals surface area (Å²) in [6.07, 6.45) is -11.8. The lowest BCUT2D eigenvalue weighted by molar-refractivity contribution is -0.328. The van der Waals surface area contributed by atoms with Gasteiger partial charge in [0.25, 0.3) is 0 Å². The molecule has 0 spiro atoms. The van der Waals surface area contributed by atoms with Gasteiger partial charge in [-0.15, -0.1) is 0 Å². The van der Waals surface area contributed by atoms with Crippen LogP contribution in [0.4, 0.5) is 0 Å². The molecule has 0 aliphatic carbocycles. The third kappa shape index (κ3) is 12.4. The molecule has 23 heteroatoms. The van der Waals surface area contributed by atoms with Crippen LogP contribution in [0.15, 0.2) is 54.6 Å². The van der Waals surface area contributed by atoms with Crippen molar-refractivity contribution in [2.24, 2.45) is 0 Å². The molecule has 0 aromatic heterocycles. The highest BCUT2D eigenvalue weighted by Crippen LogP contribution is 2.40. The maximum absolute atomic E-state index is 13.3. The number of phenols is 3. The molecule has 2 heterocycles. The Bertz CT molecular complexity index is 2250. The summed E-state index contributed by atoms with van der Waals surface area (Å²) in [4.78, 5) is 39.6. The number of aliphatic hydroxyl groups excluding tert-OH is 5. The third-order valence-electron chi connectivity index (χ3n) is 10.4. The zero-order valence-corrected chi connectivity index (χ0v) is 37.3. The minimum absolute atomic E-state index is 0.0103. The molecule has 2 aliphatic rings. The second kappa shape index (κ2) is 23.8. The van der Waals surface area contributed by atoms with Crippen LogP contribution in [0.3, 0.4) is 0 Å². The monoisotopic (exact) mass is 960 g/mol. The van der Waals surface area contributed by atoms with Gasteiger partial charge in [-0.2, -0.15) is 0 Å². The Balaban J connectivity index is 1.38. The first-order valence-electron chi connectivity index (χ1n) is 20.3. The molecule has 0 radical (unpaired) electrons. The molecule has 68 heavy (non-hydrogen) atoms. The number of methoxy groups -OCH3 is 6. The second-order valence-electron chi connectivity index (χ2n) is 14.6. The van der Waals surface area contributed by atoms with Crippen LogP contribution in [-0.2, 0) is 42.8 Å². The molecule has 23 nitrogen and oxygen atoms in total. The number of aromatic hydroxyl groups is 3. The number of carbonyl (C=O) groups is 3. The Morgan fingerprint density at radius 3 is 1.13 bits per heavy atom. The van der Waals surface area contributed by atoms with E-state index in [9.17, 15) is 55.2 Å². The first-order chi connectivity index (χ1) is 32.5. The van der Waals surface area contributed by atoms with Gasteiger partial charge in [-0.25, -0.2) is 14.4 Å². The Kier molecular flexibility index (Phi) is 18.2. The highest BCUT2D eigenvalue weighted by Gasteiger charge is 2.51. The van der Waals surface area contributed by atoms with Gasteiger partial charge < -0.3 is 97.7 Å². The molecular formula is C45H52O23. The number of aliphatic hydroxyl groups is 5. The number of hydrogen-bond donors (Lipinski definition) is 8. The molecule has 5 rings (SSSR count). The van der Waals surface area contributed by atoms with E-state index in [0.29, 0.717) is 16.7 Å². The van der Waals surface area contributed by atoms with Crippen molar-refractivity contribution in [1.82, 2.24) is 0 Å². The summed E-state index contributed by atoms with van der Waals surface area (Å²) in [5, 5.41) is 85.0. The van der Waals surface area contributed by atoms with Crippen LogP contribution in [0.2, 0.25) is 0 Å². The smallest absolute Gasteiger partial charge is 0.333 e. The molecule has 0 amide bonds. The molecular weight excluding hydrogens is 908 g/mol. The van der Waals surface area contributed by atoms with Gasteiger partial charge in [-0.05, 0) is 71.3 Å². The Hall–Kier alpha value is -6.83. The van der Waals surface area contributed by atoms with Gasteiger partial charge in [-0.1, -0.05) is 0 Å². The fourth-order valence-corrected chi connectivity index (χ4v) is 6.79. The summed E-state index contributed by atoms with van der Waals surface area (Å²) in [7, 11) is 7.79. The number of esters is 3. The Morgan fingerprint density at radius 1 is 0.485 bits per heavy atom. The van der Waals surface area contributed by atoms with Gasteiger partial charge in [-0.3, -0.25) is 0 Å². The van der Waals surface area contributed by atoms with Crippen molar-refractivity contribution in [2.45, 2.75) is 61.4 Å². The lowest BCUT2D eigenvalue weighted by Crippen LogP contribution is -2.63. The second-order valence-corrected chi connectivity index (χ2v) is 14.6. The van der Waals surface area contributed by atoms with Crippen molar-refractivity contribution in [3.63, 3.8) is 0 Å². The fourth-order valence-electron chi connectivity index (χ4n) is 6.79. The molecule has 0 unspecified atom stereocenters. The summed E-state index contributed by atoms with van der Waals surface area (Å²) < 4.78 is 64.4. The van der Waals surface area contributed by atoms with Crippen LogP contribution < -0.4 is 28.4 Å². The third-order valence-corrected chi connectivity index (χ3v) is 10.4. The fraction of sp³-hybridized carbons (Fsp3) is 0.400. The first kappa shape index (κ1) is 52.1. The van der Waals surface area contributed by atoms with E-state index in [4.69, 9.17) is 56.8 Å². The molecule has 370 valence electrons. The van der Waals surface area contributed by atoms with Crippen LogP contribution in [0.25, 0.3) is 18.2 Å². The van der Waals surface area contributed by atoms with E-state index < -0.39 is 92.5 Å². The van der Waals surface area contributed by atoms with Gasteiger partial charge in [0.05, 0.1) is 55.9 Å². The summed E-state index contributed by atoms with van der Waals surface area (Å²) in [6.45, 7) is -1.63. The highest BCUT2D eigenvalue weighted by molar-refractivity contribution is 5.89. The number of carbonyl (C=O) groups excluding carboxylic acids is 3. The van der Waals surface area contributed by atoms with Crippen LogP contribution in [0, 0.1) is 0 Å². The number of ether oxygens (including phenoxy) is 12. The predicted octanol–water partition coefficient (Wildman–Crippen LogP) is 0.564. The van der Waals surface area contributed by atoms with Crippen LogP contribution in [0.5, 0.6) is 51.7 Å². The van der Waals surface area contributed by atoms with E-state index >= 15 is 0 Å². The lowest BCUT2D eigenvalue weighted by Gasteiger charge is -2.43. The molecule has 10 atom stereocenters. The lowest BCUT2D eigenvalue weighted by atomic mass is 9.98. The summed E-state index contributed by atoms with van der Waals surface area (Å²) in [5.41, 5.74) is 0.906. The van der Waals surface area contributed by atoms with Crippen molar-refractivity contribution in [3.8, 4) is 51.7 Å². The summed E-state index contributed by atoms with van der Waals surface area (Å²) >= 11 is 0. The van der Waals surface area contributed by atoms with Crippen molar-refractivity contribution in [1.29, 1.82) is 0 Å². The average Bonchev–Trinajstić information content (AvgIpc) is 3.33. The largest absolute Gasteiger partial charge is 0.502 e. The van der Waals surface area contributed by atoms with Gasteiger partial charge in [0.1, 0.15) is 36.6 Å². The average molecular weight is 961 g/mol. The quantitative estimate of drug-likeness (QED) is 0.0462. The van der Waals surface area contributed by atoms with Crippen LogP contribution in [0.1, 0.15) is 16.7 Å². The predicted molar refractivity (Wildman–Crippen MR) is 231 cm³/mol. The SMILES string of the molecule is COc1cc(C=CC(=O)O[C@@H]2O[C@H](CO[C@@H]3O[C@H](CO)[C@@H](O)[C@H](O)[C@H]3OC(=O)C=Cc3cc(OC)c(O)c(OC)c3)[C@@H](O)[C@H](O)[C@H]2OC(=O)C=Cc2cc(OC)c(O)c(OC)c2)cc(OC)c1O. The zero-order valence-electron chi connectivity index (χ0n) is 37.3. The highest BCUT2D eigenvalue weighted by atomic mass is 16.8. The van der Waals surface area contributed by atoms with Gasteiger partial charge in [0, 0.05) is 18.2 Å². The molecule has 8 N–H and O–H groups in total. The van der Waals surface area contributed by atoms with Crippen molar-refractivity contribution < 1.29 is 112 Å². The number of phenolic OH excluding ortho intramolecular Hbond substituents is 3. The topological polar surface area (TPSA) is 324 Å².